The van der Waals surface area contributed by atoms with Crippen LogP contribution in [0.5, 0.6) is 0 Å². The van der Waals surface area contributed by atoms with Gasteiger partial charge in [0.15, 0.2) is 0 Å². The molecule has 0 saturated heterocycles. The fourth-order valence-corrected chi connectivity index (χ4v) is 7.41. The van der Waals surface area contributed by atoms with Gasteiger partial charge in [-0.25, -0.2) is 16.8 Å². The molecule has 0 unspecified atom stereocenters. The standard InChI is InChI=1S/C28H26O4S2/c1-19-15-16-26(34(31,32)24-13-9-6-10-14-24)22(4)28(19)27-20(2)17-25(18-21(27)3)33(29,30)23-11-7-5-8-12-23/h5-18H,1-4H3. The highest BCUT2D eigenvalue weighted by Crippen LogP contribution is 2.38. The van der Waals surface area contributed by atoms with Crippen molar-refractivity contribution in [3.05, 3.63) is 107 Å². The summed E-state index contributed by atoms with van der Waals surface area (Å²) >= 11 is 0. The van der Waals surface area contributed by atoms with Crippen molar-refractivity contribution in [2.75, 3.05) is 0 Å². The zero-order chi connectivity index (χ0) is 24.7. The molecule has 34 heavy (non-hydrogen) atoms. The number of hydrogen-bond donors (Lipinski definition) is 0. The lowest BCUT2D eigenvalue weighted by Gasteiger charge is -2.20. The van der Waals surface area contributed by atoms with Gasteiger partial charge in [0.2, 0.25) is 19.7 Å². The number of aryl methyl sites for hydroxylation is 3. The molecule has 0 aliphatic rings. The van der Waals surface area contributed by atoms with Crippen molar-refractivity contribution in [1.29, 1.82) is 0 Å². The molecule has 0 fully saturated rings. The number of rotatable bonds is 5. The monoisotopic (exact) mass is 490 g/mol. The summed E-state index contributed by atoms with van der Waals surface area (Å²) in [7, 11) is -7.37. The van der Waals surface area contributed by atoms with Crippen LogP contribution < -0.4 is 0 Å². The predicted molar refractivity (Wildman–Crippen MR) is 135 cm³/mol. The van der Waals surface area contributed by atoms with Crippen LogP contribution in [-0.4, -0.2) is 16.8 Å². The first kappa shape index (κ1) is 23.9. The van der Waals surface area contributed by atoms with Crippen LogP contribution in [0, 0.1) is 27.7 Å². The van der Waals surface area contributed by atoms with Gasteiger partial charge in [-0.15, -0.1) is 0 Å². The molecule has 4 aromatic carbocycles. The number of benzene rings is 4. The Kier molecular flexibility index (Phi) is 6.23. The van der Waals surface area contributed by atoms with Gasteiger partial charge in [-0.3, -0.25) is 0 Å². The van der Waals surface area contributed by atoms with Gasteiger partial charge in [0.05, 0.1) is 19.6 Å². The van der Waals surface area contributed by atoms with E-state index in [9.17, 15) is 16.8 Å². The molecule has 0 N–H and O–H groups in total. The second-order valence-electron chi connectivity index (χ2n) is 8.45. The Labute approximate surface area is 201 Å². The van der Waals surface area contributed by atoms with Crippen molar-refractivity contribution in [3.63, 3.8) is 0 Å². The van der Waals surface area contributed by atoms with Gasteiger partial charge in [0.25, 0.3) is 0 Å². The van der Waals surface area contributed by atoms with E-state index in [1.807, 2.05) is 33.8 Å². The molecule has 0 radical (unpaired) electrons. The normalized spacial score (nSPS) is 12.0. The molecular formula is C28H26O4S2. The molecule has 4 nitrogen and oxygen atoms in total. The first-order valence-corrected chi connectivity index (χ1v) is 13.8. The SMILES string of the molecule is Cc1cc(S(=O)(=O)c2ccccc2)cc(C)c1-c1c(C)ccc(S(=O)(=O)c2ccccc2)c1C. The van der Waals surface area contributed by atoms with E-state index in [1.165, 1.54) is 0 Å². The van der Waals surface area contributed by atoms with Crippen LogP contribution in [0.15, 0.2) is 105 Å². The van der Waals surface area contributed by atoms with Gasteiger partial charge in [0, 0.05) is 0 Å². The van der Waals surface area contributed by atoms with E-state index in [0.717, 1.165) is 27.8 Å². The van der Waals surface area contributed by atoms with E-state index in [-0.39, 0.29) is 19.6 Å². The lowest BCUT2D eigenvalue weighted by atomic mass is 9.89. The maximum absolute atomic E-state index is 13.4. The van der Waals surface area contributed by atoms with Crippen molar-refractivity contribution < 1.29 is 16.8 Å². The van der Waals surface area contributed by atoms with Gasteiger partial charge < -0.3 is 0 Å². The third-order valence-corrected chi connectivity index (χ3v) is 9.75. The molecule has 4 rings (SSSR count). The number of hydrogen-bond acceptors (Lipinski definition) is 4. The maximum Gasteiger partial charge on any atom is 0.206 e. The first-order valence-electron chi connectivity index (χ1n) is 10.9. The Morgan fingerprint density at radius 2 is 0.941 bits per heavy atom. The molecule has 0 heterocycles. The second kappa shape index (κ2) is 8.85. The molecular weight excluding hydrogens is 464 g/mol. The van der Waals surface area contributed by atoms with E-state index in [4.69, 9.17) is 0 Å². The summed E-state index contributed by atoms with van der Waals surface area (Å²) in [5.74, 6) is 0. The molecule has 6 heteroatoms. The minimum absolute atomic E-state index is 0.223. The maximum atomic E-state index is 13.4. The van der Waals surface area contributed by atoms with E-state index in [1.54, 1.807) is 78.9 Å². The number of sulfone groups is 2. The molecule has 174 valence electrons. The summed E-state index contributed by atoms with van der Waals surface area (Å²) in [6.45, 7) is 7.48. The fraction of sp³-hybridized carbons (Fsp3) is 0.143. The lowest BCUT2D eigenvalue weighted by molar-refractivity contribution is 0.594. The Hall–Kier alpha value is -3.22. The molecule has 0 aliphatic carbocycles. The minimum Gasteiger partial charge on any atom is -0.219 e. The molecule has 0 aliphatic heterocycles. The molecule has 0 amide bonds. The average molecular weight is 491 g/mol. The molecule has 0 atom stereocenters. The summed E-state index contributed by atoms with van der Waals surface area (Å²) in [6, 6.07) is 23.5. The molecule has 0 aromatic heterocycles. The van der Waals surface area contributed by atoms with Crippen molar-refractivity contribution in [2.24, 2.45) is 0 Å². The molecule has 4 aromatic rings. The van der Waals surface area contributed by atoms with Gasteiger partial charge in [-0.05, 0) is 104 Å². The summed E-state index contributed by atoms with van der Waals surface area (Å²) in [5.41, 5.74) is 4.79. The van der Waals surface area contributed by atoms with E-state index >= 15 is 0 Å². The molecule has 0 bridgehead atoms. The molecule has 0 saturated carbocycles. The lowest BCUT2D eigenvalue weighted by Crippen LogP contribution is -2.07. The van der Waals surface area contributed by atoms with E-state index in [0.29, 0.717) is 5.56 Å². The van der Waals surface area contributed by atoms with Crippen LogP contribution in [-0.2, 0) is 19.7 Å². The Morgan fingerprint density at radius 3 is 1.44 bits per heavy atom. The fourth-order valence-electron chi connectivity index (χ4n) is 4.44. The van der Waals surface area contributed by atoms with Crippen molar-refractivity contribution >= 4 is 19.7 Å². The van der Waals surface area contributed by atoms with Crippen molar-refractivity contribution in [2.45, 2.75) is 47.3 Å². The van der Waals surface area contributed by atoms with Crippen LogP contribution in [0.4, 0.5) is 0 Å². The zero-order valence-corrected chi connectivity index (χ0v) is 21.2. The largest absolute Gasteiger partial charge is 0.219 e. The van der Waals surface area contributed by atoms with Crippen molar-refractivity contribution in [1.82, 2.24) is 0 Å². The minimum atomic E-state index is -3.71. The van der Waals surface area contributed by atoms with Crippen LogP contribution in [0.25, 0.3) is 11.1 Å². The summed E-state index contributed by atoms with van der Waals surface area (Å²) in [5, 5.41) is 0. The van der Waals surface area contributed by atoms with Gasteiger partial charge in [-0.2, -0.15) is 0 Å². The second-order valence-corrected chi connectivity index (χ2v) is 12.3. The Bertz CT molecular complexity index is 1560. The van der Waals surface area contributed by atoms with Gasteiger partial charge in [0.1, 0.15) is 0 Å². The highest BCUT2D eigenvalue weighted by Gasteiger charge is 2.25. The average Bonchev–Trinajstić information content (AvgIpc) is 2.81. The summed E-state index contributed by atoms with van der Waals surface area (Å²) in [6.07, 6.45) is 0. The molecule has 0 spiro atoms. The van der Waals surface area contributed by atoms with E-state index < -0.39 is 19.7 Å². The Morgan fingerprint density at radius 1 is 0.471 bits per heavy atom. The third kappa shape index (κ3) is 4.08. The topological polar surface area (TPSA) is 68.3 Å². The predicted octanol–water partition coefficient (Wildman–Crippen LogP) is 6.25. The van der Waals surface area contributed by atoms with Crippen LogP contribution in [0.1, 0.15) is 22.3 Å². The van der Waals surface area contributed by atoms with E-state index in [2.05, 4.69) is 0 Å². The third-order valence-electron chi connectivity index (χ3n) is 6.09. The highest BCUT2D eigenvalue weighted by molar-refractivity contribution is 7.91. The van der Waals surface area contributed by atoms with Crippen molar-refractivity contribution in [3.8, 4) is 11.1 Å². The Balaban J connectivity index is 1.91. The van der Waals surface area contributed by atoms with Crippen LogP contribution in [0.2, 0.25) is 0 Å². The first-order chi connectivity index (χ1) is 16.0. The van der Waals surface area contributed by atoms with Crippen LogP contribution >= 0.6 is 0 Å². The summed E-state index contributed by atoms with van der Waals surface area (Å²) < 4.78 is 53.1. The summed E-state index contributed by atoms with van der Waals surface area (Å²) in [4.78, 5) is 0.954. The van der Waals surface area contributed by atoms with Gasteiger partial charge >= 0.3 is 0 Å². The van der Waals surface area contributed by atoms with Crippen LogP contribution in [0.3, 0.4) is 0 Å². The highest BCUT2D eigenvalue weighted by atomic mass is 32.2. The zero-order valence-electron chi connectivity index (χ0n) is 19.5. The smallest absolute Gasteiger partial charge is 0.206 e. The quantitative estimate of drug-likeness (QED) is 0.331. The van der Waals surface area contributed by atoms with Gasteiger partial charge in [-0.1, -0.05) is 42.5 Å².